The highest BCUT2D eigenvalue weighted by Crippen LogP contribution is 2.21. The van der Waals surface area contributed by atoms with Crippen LogP contribution in [0.3, 0.4) is 0 Å². The Kier molecular flexibility index (Phi) is 3.89. The monoisotopic (exact) mass is 238 g/mol. The molecule has 1 unspecified atom stereocenters. The van der Waals surface area contributed by atoms with Crippen molar-refractivity contribution in [3.63, 3.8) is 0 Å². The van der Waals surface area contributed by atoms with Gasteiger partial charge >= 0.3 is 0 Å². The molecule has 0 spiro atoms. The van der Waals surface area contributed by atoms with Crippen LogP contribution in [0.1, 0.15) is 25.5 Å². The molecule has 0 radical (unpaired) electrons. The minimum absolute atomic E-state index is 0.275. The van der Waals surface area contributed by atoms with E-state index in [1.807, 2.05) is 18.9 Å². The van der Waals surface area contributed by atoms with Crippen LogP contribution in [0.2, 0.25) is 0 Å². The van der Waals surface area contributed by atoms with Crippen molar-refractivity contribution in [2.24, 2.45) is 0 Å². The summed E-state index contributed by atoms with van der Waals surface area (Å²) < 4.78 is 14.1. The molecule has 1 aliphatic rings. The van der Waals surface area contributed by atoms with Crippen molar-refractivity contribution in [1.29, 1.82) is 0 Å². The predicted molar refractivity (Wildman–Crippen MR) is 65.7 cm³/mol. The van der Waals surface area contributed by atoms with Gasteiger partial charge in [0.2, 0.25) is 0 Å². The molecule has 4 nitrogen and oxygen atoms in total. The number of nitrogens with one attached hydrogen (secondary N) is 1. The smallest absolute Gasteiger partial charge is 0.187 e. The molecule has 0 aromatic carbocycles. The minimum Gasteiger partial charge on any atom is -0.353 e. The van der Waals surface area contributed by atoms with Crippen molar-refractivity contribution < 1.29 is 4.39 Å². The van der Waals surface area contributed by atoms with Crippen molar-refractivity contribution in [2.45, 2.75) is 32.2 Å². The Morgan fingerprint density at radius 3 is 3.00 bits per heavy atom. The van der Waals surface area contributed by atoms with Gasteiger partial charge in [-0.25, -0.2) is 14.4 Å². The van der Waals surface area contributed by atoms with Gasteiger partial charge in [0.15, 0.2) is 11.6 Å². The Bertz CT molecular complexity index is 377. The molecule has 1 aromatic rings. The van der Waals surface area contributed by atoms with Gasteiger partial charge in [0.25, 0.3) is 0 Å². The SMILES string of the molecule is CCc1ncnc(N(C)C2CCCNC2)c1F. The van der Waals surface area contributed by atoms with E-state index in [-0.39, 0.29) is 5.82 Å². The van der Waals surface area contributed by atoms with E-state index in [0.29, 0.717) is 24.0 Å². The highest BCUT2D eigenvalue weighted by atomic mass is 19.1. The second-order valence-corrected chi connectivity index (χ2v) is 4.42. The number of hydrogen-bond acceptors (Lipinski definition) is 4. The molecular formula is C12H19FN4. The number of aromatic nitrogens is 2. The third-order valence-electron chi connectivity index (χ3n) is 3.33. The first-order chi connectivity index (χ1) is 8.24. The topological polar surface area (TPSA) is 41.1 Å². The molecule has 0 saturated carbocycles. The Morgan fingerprint density at radius 2 is 2.35 bits per heavy atom. The van der Waals surface area contributed by atoms with Crippen LogP contribution < -0.4 is 10.2 Å². The molecule has 5 heteroatoms. The van der Waals surface area contributed by atoms with E-state index >= 15 is 0 Å². The highest BCUT2D eigenvalue weighted by Gasteiger charge is 2.22. The molecule has 94 valence electrons. The zero-order valence-electron chi connectivity index (χ0n) is 10.4. The summed E-state index contributed by atoms with van der Waals surface area (Å²) in [5.74, 6) is 0.147. The lowest BCUT2D eigenvalue weighted by Crippen LogP contribution is -2.45. The lowest BCUT2D eigenvalue weighted by Gasteiger charge is -2.32. The first kappa shape index (κ1) is 12.2. The van der Waals surface area contributed by atoms with Gasteiger partial charge in [-0.1, -0.05) is 6.92 Å². The van der Waals surface area contributed by atoms with Crippen molar-refractivity contribution in [2.75, 3.05) is 25.0 Å². The number of nitrogens with zero attached hydrogens (tertiary/aromatic N) is 3. The van der Waals surface area contributed by atoms with Crippen LogP contribution in [0, 0.1) is 5.82 Å². The normalized spacial score (nSPS) is 20.3. The second kappa shape index (κ2) is 5.40. The lowest BCUT2D eigenvalue weighted by molar-refractivity contribution is 0.438. The third kappa shape index (κ3) is 2.54. The first-order valence-corrected chi connectivity index (χ1v) is 6.17. The predicted octanol–water partition coefficient (Wildman–Crippen LogP) is 1.37. The van der Waals surface area contributed by atoms with Gasteiger partial charge in [0.1, 0.15) is 6.33 Å². The molecule has 1 fully saturated rings. The van der Waals surface area contributed by atoms with Gasteiger partial charge in [0, 0.05) is 19.6 Å². The maximum absolute atomic E-state index is 14.1. The molecule has 1 aliphatic heterocycles. The van der Waals surface area contributed by atoms with E-state index in [4.69, 9.17) is 0 Å². The number of rotatable bonds is 3. The number of hydrogen-bond donors (Lipinski definition) is 1. The number of halogens is 1. The fourth-order valence-corrected chi connectivity index (χ4v) is 2.22. The highest BCUT2D eigenvalue weighted by molar-refractivity contribution is 5.41. The molecule has 1 saturated heterocycles. The molecule has 1 aromatic heterocycles. The van der Waals surface area contributed by atoms with Gasteiger partial charge in [-0.15, -0.1) is 0 Å². The summed E-state index contributed by atoms with van der Waals surface area (Å²) in [5, 5.41) is 3.33. The lowest BCUT2D eigenvalue weighted by atomic mass is 10.1. The molecule has 0 amide bonds. The van der Waals surface area contributed by atoms with Crippen LogP contribution in [0.4, 0.5) is 10.2 Å². The molecule has 2 heterocycles. The van der Waals surface area contributed by atoms with Gasteiger partial charge < -0.3 is 10.2 Å². The largest absolute Gasteiger partial charge is 0.353 e. The van der Waals surface area contributed by atoms with Crippen LogP contribution >= 0.6 is 0 Å². The maximum Gasteiger partial charge on any atom is 0.187 e. The van der Waals surface area contributed by atoms with Crippen LogP contribution in [0.25, 0.3) is 0 Å². The maximum atomic E-state index is 14.1. The van der Waals surface area contributed by atoms with Crippen LogP contribution in [-0.2, 0) is 6.42 Å². The van der Waals surface area contributed by atoms with E-state index in [1.165, 1.54) is 6.33 Å². The molecular weight excluding hydrogens is 219 g/mol. The molecule has 1 atom stereocenters. The van der Waals surface area contributed by atoms with Gasteiger partial charge in [-0.2, -0.15) is 0 Å². The molecule has 1 N–H and O–H groups in total. The Morgan fingerprint density at radius 1 is 1.53 bits per heavy atom. The van der Waals surface area contributed by atoms with Crippen LogP contribution in [-0.4, -0.2) is 36.1 Å². The van der Waals surface area contributed by atoms with E-state index < -0.39 is 0 Å². The summed E-state index contributed by atoms with van der Waals surface area (Å²) in [6.07, 6.45) is 4.25. The summed E-state index contributed by atoms with van der Waals surface area (Å²) in [7, 11) is 1.91. The van der Waals surface area contributed by atoms with Gasteiger partial charge in [-0.05, 0) is 25.8 Å². The number of anilines is 1. The molecule has 0 aliphatic carbocycles. The average molecular weight is 238 g/mol. The number of piperidine rings is 1. The Hall–Kier alpha value is -1.23. The summed E-state index contributed by atoms with van der Waals surface area (Å²) in [4.78, 5) is 9.96. The molecule has 0 bridgehead atoms. The third-order valence-corrected chi connectivity index (χ3v) is 3.33. The second-order valence-electron chi connectivity index (χ2n) is 4.42. The summed E-state index contributed by atoms with van der Waals surface area (Å²) in [6, 6.07) is 0.317. The molecule has 2 rings (SSSR count). The van der Waals surface area contributed by atoms with E-state index in [9.17, 15) is 4.39 Å². The van der Waals surface area contributed by atoms with E-state index in [0.717, 1.165) is 25.9 Å². The Balaban J connectivity index is 2.20. The number of likely N-dealkylation sites (N-methyl/N-ethyl adjacent to an activating group) is 1. The summed E-state index contributed by atoms with van der Waals surface area (Å²) >= 11 is 0. The minimum atomic E-state index is -0.275. The van der Waals surface area contributed by atoms with Crippen molar-refractivity contribution in [1.82, 2.24) is 15.3 Å². The fraction of sp³-hybridized carbons (Fsp3) is 0.667. The van der Waals surface area contributed by atoms with E-state index in [2.05, 4.69) is 15.3 Å². The fourth-order valence-electron chi connectivity index (χ4n) is 2.22. The van der Waals surface area contributed by atoms with Crippen LogP contribution in [0.5, 0.6) is 0 Å². The van der Waals surface area contributed by atoms with Crippen LogP contribution in [0.15, 0.2) is 6.33 Å². The quantitative estimate of drug-likeness (QED) is 0.863. The molecule has 17 heavy (non-hydrogen) atoms. The first-order valence-electron chi connectivity index (χ1n) is 6.17. The standard InChI is InChI=1S/C12H19FN4/c1-3-10-11(13)12(16-8-15-10)17(2)9-5-4-6-14-7-9/h8-9,14H,3-7H2,1-2H3. The van der Waals surface area contributed by atoms with Crippen molar-refractivity contribution >= 4 is 5.82 Å². The summed E-state index contributed by atoms with van der Waals surface area (Å²) in [6.45, 7) is 3.84. The zero-order valence-corrected chi connectivity index (χ0v) is 10.4. The van der Waals surface area contributed by atoms with Gasteiger partial charge in [0.05, 0.1) is 5.69 Å². The zero-order chi connectivity index (χ0) is 12.3. The average Bonchev–Trinajstić information content (AvgIpc) is 2.39. The number of aryl methyl sites for hydroxylation is 1. The van der Waals surface area contributed by atoms with E-state index in [1.54, 1.807) is 0 Å². The van der Waals surface area contributed by atoms with Crippen molar-refractivity contribution in [3.05, 3.63) is 17.8 Å². The van der Waals surface area contributed by atoms with Gasteiger partial charge in [-0.3, -0.25) is 0 Å². The Labute approximate surface area is 101 Å². The summed E-state index contributed by atoms with van der Waals surface area (Å²) in [5.41, 5.74) is 0.491. The van der Waals surface area contributed by atoms with Crippen molar-refractivity contribution in [3.8, 4) is 0 Å².